The minimum atomic E-state index is -0.155. The quantitative estimate of drug-likeness (QED) is 0.634. The van der Waals surface area contributed by atoms with Gasteiger partial charge in [-0.15, -0.1) is 0 Å². The largest absolute Gasteiger partial charge is 0.385 e. The molecule has 0 saturated carbocycles. The first-order chi connectivity index (χ1) is 9.74. The number of methoxy groups -OCH3 is 1. The summed E-state index contributed by atoms with van der Waals surface area (Å²) in [5.41, 5.74) is 1.36. The molecule has 6 heteroatoms. The smallest absolute Gasteiger partial charge is 0.269 e. The number of H-pyrrole nitrogens is 1. The standard InChI is InChI=1S/C14H17N3O2S/c1-19-9-5-8-15-13(18)12-10-16-14(20)17(12)11-6-3-2-4-7-11/h2-4,6-7,10H,5,8-9H2,1H3,(H,15,18)(H,16,20). The van der Waals surface area contributed by atoms with E-state index in [1.807, 2.05) is 30.3 Å². The Labute approximate surface area is 122 Å². The van der Waals surface area contributed by atoms with Crippen molar-refractivity contribution in [3.05, 3.63) is 47.0 Å². The molecule has 0 fully saturated rings. The molecule has 1 heterocycles. The fourth-order valence-electron chi connectivity index (χ4n) is 1.88. The minimum absolute atomic E-state index is 0.155. The fraction of sp³-hybridized carbons (Fsp3) is 0.286. The van der Waals surface area contributed by atoms with Gasteiger partial charge in [-0.3, -0.25) is 9.36 Å². The van der Waals surface area contributed by atoms with Crippen LogP contribution in [0.1, 0.15) is 16.9 Å². The zero-order valence-electron chi connectivity index (χ0n) is 11.3. The van der Waals surface area contributed by atoms with E-state index in [9.17, 15) is 4.79 Å². The van der Waals surface area contributed by atoms with Crippen molar-refractivity contribution < 1.29 is 9.53 Å². The average Bonchev–Trinajstić information content (AvgIpc) is 2.86. The third-order valence-corrected chi connectivity index (χ3v) is 3.13. The number of benzene rings is 1. The van der Waals surface area contributed by atoms with Crippen LogP contribution in [0.2, 0.25) is 0 Å². The number of amides is 1. The van der Waals surface area contributed by atoms with Gasteiger partial charge in [0.2, 0.25) is 0 Å². The minimum Gasteiger partial charge on any atom is -0.385 e. The van der Waals surface area contributed by atoms with Crippen LogP contribution in [-0.4, -0.2) is 35.7 Å². The highest BCUT2D eigenvalue weighted by Crippen LogP contribution is 2.12. The first-order valence-electron chi connectivity index (χ1n) is 6.37. The lowest BCUT2D eigenvalue weighted by molar-refractivity contribution is 0.0941. The number of nitrogens with zero attached hydrogens (tertiary/aromatic N) is 1. The number of carbonyl (C=O) groups is 1. The van der Waals surface area contributed by atoms with Gasteiger partial charge in [0.15, 0.2) is 4.77 Å². The van der Waals surface area contributed by atoms with Gasteiger partial charge < -0.3 is 15.0 Å². The molecule has 5 nitrogen and oxygen atoms in total. The Balaban J connectivity index is 2.17. The summed E-state index contributed by atoms with van der Waals surface area (Å²) in [7, 11) is 1.64. The molecule has 2 N–H and O–H groups in total. The fourth-order valence-corrected chi connectivity index (χ4v) is 2.14. The van der Waals surface area contributed by atoms with E-state index in [1.54, 1.807) is 17.9 Å². The first kappa shape index (κ1) is 14.5. The van der Waals surface area contributed by atoms with Crippen LogP contribution >= 0.6 is 12.2 Å². The molecule has 0 aliphatic carbocycles. The van der Waals surface area contributed by atoms with E-state index < -0.39 is 0 Å². The molecule has 20 heavy (non-hydrogen) atoms. The van der Waals surface area contributed by atoms with Crippen molar-refractivity contribution in [3.8, 4) is 5.69 Å². The molecule has 1 aromatic heterocycles. The number of aromatic amines is 1. The van der Waals surface area contributed by atoms with Crippen molar-refractivity contribution in [1.29, 1.82) is 0 Å². The zero-order valence-corrected chi connectivity index (χ0v) is 12.1. The molecular weight excluding hydrogens is 274 g/mol. The Morgan fingerprint density at radius 3 is 2.85 bits per heavy atom. The number of carbonyl (C=O) groups excluding carboxylic acids is 1. The molecule has 2 aromatic rings. The Kier molecular flexibility index (Phi) is 5.09. The van der Waals surface area contributed by atoms with Crippen LogP contribution < -0.4 is 5.32 Å². The molecule has 0 aliphatic heterocycles. The lowest BCUT2D eigenvalue weighted by Crippen LogP contribution is -2.27. The van der Waals surface area contributed by atoms with Gasteiger partial charge in [0.25, 0.3) is 5.91 Å². The lowest BCUT2D eigenvalue weighted by Gasteiger charge is -2.08. The topological polar surface area (TPSA) is 59.0 Å². The third kappa shape index (κ3) is 3.34. The Morgan fingerprint density at radius 2 is 2.15 bits per heavy atom. The number of nitrogens with one attached hydrogen (secondary N) is 2. The van der Waals surface area contributed by atoms with E-state index in [-0.39, 0.29) is 5.91 Å². The molecule has 0 atom stereocenters. The van der Waals surface area contributed by atoms with Gasteiger partial charge in [0.05, 0.1) is 0 Å². The van der Waals surface area contributed by atoms with Crippen LogP contribution in [0.25, 0.3) is 5.69 Å². The van der Waals surface area contributed by atoms with Crippen molar-refractivity contribution in [2.75, 3.05) is 20.3 Å². The van der Waals surface area contributed by atoms with Crippen LogP contribution in [0.5, 0.6) is 0 Å². The number of rotatable bonds is 6. The first-order valence-corrected chi connectivity index (χ1v) is 6.78. The Bertz CT molecular complexity index is 619. The number of aromatic nitrogens is 2. The number of imidazole rings is 1. The molecule has 0 bridgehead atoms. The maximum absolute atomic E-state index is 12.2. The summed E-state index contributed by atoms with van der Waals surface area (Å²) < 4.78 is 7.17. The van der Waals surface area contributed by atoms with E-state index >= 15 is 0 Å². The van der Waals surface area contributed by atoms with Crippen molar-refractivity contribution >= 4 is 18.1 Å². The maximum Gasteiger partial charge on any atom is 0.269 e. The van der Waals surface area contributed by atoms with Crippen molar-refractivity contribution in [1.82, 2.24) is 14.9 Å². The van der Waals surface area contributed by atoms with E-state index in [0.29, 0.717) is 23.6 Å². The normalized spacial score (nSPS) is 10.4. The summed E-state index contributed by atoms with van der Waals surface area (Å²) in [4.78, 5) is 15.1. The molecule has 0 aliphatic rings. The predicted molar refractivity (Wildman–Crippen MR) is 79.8 cm³/mol. The number of ether oxygens (including phenoxy) is 1. The van der Waals surface area contributed by atoms with Crippen LogP contribution in [-0.2, 0) is 4.74 Å². The molecule has 0 radical (unpaired) electrons. The highest BCUT2D eigenvalue weighted by molar-refractivity contribution is 7.71. The summed E-state index contributed by atoms with van der Waals surface area (Å²) in [6.07, 6.45) is 2.40. The summed E-state index contributed by atoms with van der Waals surface area (Å²) >= 11 is 5.24. The maximum atomic E-state index is 12.2. The predicted octanol–water partition coefficient (Wildman–Crippen LogP) is 2.30. The summed E-state index contributed by atoms with van der Waals surface area (Å²) in [5, 5.41) is 2.85. The van der Waals surface area contributed by atoms with Crippen LogP contribution in [0.15, 0.2) is 36.5 Å². The van der Waals surface area contributed by atoms with E-state index in [1.165, 1.54) is 0 Å². The molecule has 1 amide bonds. The van der Waals surface area contributed by atoms with Crippen molar-refractivity contribution in [2.24, 2.45) is 0 Å². The highest BCUT2D eigenvalue weighted by atomic mass is 32.1. The zero-order chi connectivity index (χ0) is 14.4. The third-order valence-electron chi connectivity index (χ3n) is 2.83. The van der Waals surface area contributed by atoms with Gasteiger partial charge in [-0.05, 0) is 30.8 Å². The van der Waals surface area contributed by atoms with E-state index in [0.717, 1.165) is 12.1 Å². The van der Waals surface area contributed by atoms with Gasteiger partial charge in [-0.2, -0.15) is 0 Å². The lowest BCUT2D eigenvalue weighted by atomic mass is 10.3. The van der Waals surface area contributed by atoms with Crippen molar-refractivity contribution in [2.45, 2.75) is 6.42 Å². The van der Waals surface area contributed by atoms with Gasteiger partial charge in [-0.25, -0.2) is 0 Å². The summed E-state index contributed by atoms with van der Waals surface area (Å²) in [5.74, 6) is -0.155. The van der Waals surface area contributed by atoms with Crippen LogP contribution in [0.4, 0.5) is 0 Å². The molecule has 0 unspecified atom stereocenters. The Hall–Kier alpha value is -1.92. The number of hydrogen-bond acceptors (Lipinski definition) is 3. The van der Waals surface area contributed by atoms with Gasteiger partial charge in [0.1, 0.15) is 5.69 Å². The second-order valence-electron chi connectivity index (χ2n) is 4.25. The second-order valence-corrected chi connectivity index (χ2v) is 4.64. The van der Waals surface area contributed by atoms with Crippen LogP contribution in [0, 0.1) is 4.77 Å². The molecule has 1 aromatic carbocycles. The molecule has 0 spiro atoms. The Morgan fingerprint density at radius 1 is 1.40 bits per heavy atom. The molecule has 0 saturated heterocycles. The molecular formula is C14H17N3O2S. The van der Waals surface area contributed by atoms with E-state index in [2.05, 4.69) is 10.3 Å². The second kappa shape index (κ2) is 7.02. The van der Waals surface area contributed by atoms with Crippen LogP contribution in [0.3, 0.4) is 0 Å². The summed E-state index contributed by atoms with van der Waals surface area (Å²) in [6.45, 7) is 1.19. The monoisotopic (exact) mass is 291 g/mol. The van der Waals surface area contributed by atoms with Gasteiger partial charge >= 0.3 is 0 Å². The van der Waals surface area contributed by atoms with E-state index in [4.69, 9.17) is 17.0 Å². The summed E-state index contributed by atoms with van der Waals surface area (Å²) in [6, 6.07) is 9.55. The van der Waals surface area contributed by atoms with Gasteiger partial charge in [-0.1, -0.05) is 18.2 Å². The number of hydrogen-bond donors (Lipinski definition) is 2. The van der Waals surface area contributed by atoms with Gasteiger partial charge in [0, 0.05) is 32.1 Å². The molecule has 2 rings (SSSR count). The SMILES string of the molecule is COCCCNC(=O)c1c[nH]c(=S)n1-c1ccccc1. The van der Waals surface area contributed by atoms with Crippen molar-refractivity contribution in [3.63, 3.8) is 0 Å². The number of para-hydroxylation sites is 1. The molecule has 106 valence electrons. The highest BCUT2D eigenvalue weighted by Gasteiger charge is 2.13. The average molecular weight is 291 g/mol.